The van der Waals surface area contributed by atoms with Crippen molar-refractivity contribution in [3.63, 3.8) is 0 Å². The van der Waals surface area contributed by atoms with Gasteiger partial charge in [0.15, 0.2) is 0 Å². The number of carbonyl (C=O) groups excluding carboxylic acids is 2. The number of aryl methyl sites for hydroxylation is 1. The standard InChI is InChI=1S/C21H24N4O3S/c26-19(4-3-14-10-22-7-8-23-14)25-12-16-15(17-5-6-21(16,13-25)28-17)11-24-20(27)18-2-1-9-29-18/h1-2,7-10,15-17H,3-6,11-13H2,(H,24,27)/t15-,16+,17+,21+/m0/s1. The Bertz CT molecular complexity index is 891. The molecule has 0 unspecified atom stereocenters. The second-order valence-corrected chi connectivity index (χ2v) is 9.14. The Labute approximate surface area is 173 Å². The quantitative estimate of drug-likeness (QED) is 0.784. The molecule has 0 saturated carbocycles. The Kier molecular flexibility index (Phi) is 4.83. The summed E-state index contributed by atoms with van der Waals surface area (Å²) < 4.78 is 6.40. The maximum Gasteiger partial charge on any atom is 0.261 e. The maximum absolute atomic E-state index is 12.8. The van der Waals surface area contributed by atoms with Crippen LogP contribution in [0.3, 0.4) is 0 Å². The average Bonchev–Trinajstić information content (AvgIpc) is 3.52. The number of nitrogens with one attached hydrogen (secondary N) is 1. The minimum Gasteiger partial charge on any atom is -0.369 e. The second-order valence-electron chi connectivity index (χ2n) is 8.19. The lowest BCUT2D eigenvalue weighted by atomic mass is 9.73. The van der Waals surface area contributed by atoms with Gasteiger partial charge in [-0.3, -0.25) is 19.6 Å². The number of hydrogen-bond donors (Lipinski definition) is 1. The number of thiophene rings is 1. The van der Waals surface area contributed by atoms with Crippen LogP contribution in [0.15, 0.2) is 36.1 Å². The summed E-state index contributed by atoms with van der Waals surface area (Å²) in [7, 11) is 0. The summed E-state index contributed by atoms with van der Waals surface area (Å²) in [5, 5.41) is 4.99. The number of ether oxygens (including phenoxy) is 1. The molecular formula is C21H24N4O3S. The van der Waals surface area contributed by atoms with Gasteiger partial charge in [-0.2, -0.15) is 0 Å². The van der Waals surface area contributed by atoms with Gasteiger partial charge in [-0.25, -0.2) is 0 Å². The van der Waals surface area contributed by atoms with Crippen molar-refractivity contribution in [1.82, 2.24) is 20.2 Å². The molecule has 1 N–H and O–H groups in total. The topological polar surface area (TPSA) is 84.4 Å². The Hall–Kier alpha value is -2.32. The Morgan fingerprint density at radius 1 is 1.38 bits per heavy atom. The third kappa shape index (κ3) is 3.44. The van der Waals surface area contributed by atoms with Gasteiger partial charge in [-0.05, 0) is 30.7 Å². The molecular weight excluding hydrogens is 388 g/mol. The van der Waals surface area contributed by atoms with Crippen molar-refractivity contribution in [3.8, 4) is 0 Å². The lowest BCUT2D eigenvalue weighted by Gasteiger charge is -2.29. The molecule has 5 rings (SSSR count). The van der Waals surface area contributed by atoms with Crippen LogP contribution in [0, 0.1) is 11.8 Å². The first-order valence-corrected chi connectivity index (χ1v) is 11.0. The molecule has 2 bridgehead atoms. The van der Waals surface area contributed by atoms with Crippen LogP contribution in [0.1, 0.15) is 34.6 Å². The first kappa shape index (κ1) is 18.7. The van der Waals surface area contributed by atoms with E-state index in [1.165, 1.54) is 11.3 Å². The smallest absolute Gasteiger partial charge is 0.261 e. The van der Waals surface area contributed by atoms with Crippen molar-refractivity contribution in [2.75, 3.05) is 19.6 Å². The molecule has 3 fully saturated rings. The zero-order valence-electron chi connectivity index (χ0n) is 16.1. The van der Waals surface area contributed by atoms with Gasteiger partial charge in [0.05, 0.1) is 28.8 Å². The Morgan fingerprint density at radius 3 is 3.10 bits per heavy atom. The zero-order valence-corrected chi connectivity index (χ0v) is 16.9. The van der Waals surface area contributed by atoms with E-state index in [0.29, 0.717) is 31.8 Å². The lowest BCUT2D eigenvalue weighted by molar-refractivity contribution is -0.131. The molecule has 2 aromatic heterocycles. The molecule has 3 aliphatic heterocycles. The summed E-state index contributed by atoms with van der Waals surface area (Å²) >= 11 is 1.45. The van der Waals surface area contributed by atoms with Crippen LogP contribution in [-0.4, -0.2) is 58.0 Å². The third-order valence-electron chi connectivity index (χ3n) is 6.59. The third-order valence-corrected chi connectivity index (χ3v) is 7.46. The number of aromatic nitrogens is 2. The summed E-state index contributed by atoms with van der Waals surface area (Å²) in [6.45, 7) is 1.99. The first-order valence-electron chi connectivity index (χ1n) is 10.2. The summed E-state index contributed by atoms with van der Waals surface area (Å²) in [5.41, 5.74) is 0.621. The Morgan fingerprint density at radius 2 is 2.31 bits per heavy atom. The van der Waals surface area contributed by atoms with Gasteiger partial charge in [0.1, 0.15) is 0 Å². The maximum atomic E-state index is 12.8. The largest absolute Gasteiger partial charge is 0.369 e. The van der Waals surface area contributed by atoms with E-state index >= 15 is 0 Å². The SMILES string of the molecule is O=C(NC[C@H]1[C@H]2CN(C(=O)CCc3cnccn3)C[C@]23CC[C@H]1O3)c1cccs1. The van der Waals surface area contributed by atoms with Crippen LogP contribution in [0.4, 0.5) is 0 Å². The van der Waals surface area contributed by atoms with Crippen molar-refractivity contribution in [2.45, 2.75) is 37.4 Å². The van der Waals surface area contributed by atoms with E-state index in [1.54, 1.807) is 18.6 Å². The normalized spacial score (nSPS) is 29.8. The highest BCUT2D eigenvalue weighted by Gasteiger charge is 2.63. The molecule has 3 saturated heterocycles. The van der Waals surface area contributed by atoms with Crippen molar-refractivity contribution in [2.24, 2.45) is 11.8 Å². The molecule has 3 aliphatic rings. The predicted molar refractivity (Wildman–Crippen MR) is 107 cm³/mol. The molecule has 7 nitrogen and oxygen atoms in total. The fraction of sp³-hybridized carbons (Fsp3) is 0.524. The minimum absolute atomic E-state index is 0.0216. The van der Waals surface area contributed by atoms with Crippen LogP contribution in [0.25, 0.3) is 0 Å². The van der Waals surface area contributed by atoms with Gasteiger partial charge in [-0.15, -0.1) is 11.3 Å². The van der Waals surface area contributed by atoms with E-state index in [0.717, 1.165) is 30.0 Å². The summed E-state index contributed by atoms with van der Waals surface area (Å²) in [5.74, 6) is 0.690. The number of hydrogen-bond acceptors (Lipinski definition) is 6. The molecule has 29 heavy (non-hydrogen) atoms. The van der Waals surface area contributed by atoms with Gasteiger partial charge in [-0.1, -0.05) is 6.07 Å². The molecule has 0 aromatic carbocycles. The van der Waals surface area contributed by atoms with E-state index in [1.807, 2.05) is 22.4 Å². The highest BCUT2D eigenvalue weighted by molar-refractivity contribution is 7.12. The fourth-order valence-corrected chi connectivity index (χ4v) is 5.85. The minimum atomic E-state index is -0.217. The number of fused-ring (bicyclic) bond motifs is 1. The molecule has 0 radical (unpaired) electrons. The highest BCUT2D eigenvalue weighted by Crippen LogP contribution is 2.54. The number of rotatable bonds is 6. The average molecular weight is 413 g/mol. The number of carbonyl (C=O) groups is 2. The molecule has 2 aromatic rings. The molecule has 5 heterocycles. The summed E-state index contributed by atoms with van der Waals surface area (Å²) in [4.78, 5) is 36.1. The van der Waals surface area contributed by atoms with Crippen LogP contribution in [-0.2, 0) is 16.0 Å². The molecule has 1 spiro atoms. The van der Waals surface area contributed by atoms with E-state index in [-0.39, 0.29) is 29.4 Å². The number of nitrogens with zero attached hydrogens (tertiary/aromatic N) is 3. The number of likely N-dealkylation sites (tertiary alicyclic amines) is 1. The highest BCUT2D eigenvalue weighted by atomic mass is 32.1. The van der Waals surface area contributed by atoms with Gasteiger partial charge in [0, 0.05) is 49.9 Å². The molecule has 8 heteroatoms. The monoisotopic (exact) mass is 412 g/mol. The van der Waals surface area contributed by atoms with Crippen molar-refractivity contribution in [3.05, 3.63) is 46.7 Å². The molecule has 2 amide bonds. The van der Waals surface area contributed by atoms with Crippen LogP contribution < -0.4 is 5.32 Å². The van der Waals surface area contributed by atoms with E-state index in [9.17, 15) is 9.59 Å². The van der Waals surface area contributed by atoms with Crippen molar-refractivity contribution in [1.29, 1.82) is 0 Å². The first-order chi connectivity index (χ1) is 14.1. The lowest BCUT2D eigenvalue weighted by Crippen LogP contribution is -2.41. The molecule has 152 valence electrons. The predicted octanol–water partition coefficient (Wildman–Crippen LogP) is 1.91. The molecule has 0 aliphatic carbocycles. The van der Waals surface area contributed by atoms with Crippen LogP contribution in [0.2, 0.25) is 0 Å². The van der Waals surface area contributed by atoms with Gasteiger partial charge >= 0.3 is 0 Å². The van der Waals surface area contributed by atoms with E-state index in [2.05, 4.69) is 15.3 Å². The zero-order chi connectivity index (χ0) is 19.8. The van der Waals surface area contributed by atoms with Crippen molar-refractivity contribution >= 4 is 23.2 Å². The van der Waals surface area contributed by atoms with Gasteiger partial charge in [0.25, 0.3) is 5.91 Å². The van der Waals surface area contributed by atoms with Crippen molar-refractivity contribution < 1.29 is 14.3 Å². The number of amides is 2. The van der Waals surface area contributed by atoms with Crippen LogP contribution in [0.5, 0.6) is 0 Å². The van der Waals surface area contributed by atoms with Crippen LogP contribution >= 0.6 is 11.3 Å². The summed E-state index contributed by atoms with van der Waals surface area (Å²) in [6, 6.07) is 3.72. The fourth-order valence-electron chi connectivity index (χ4n) is 5.21. The van der Waals surface area contributed by atoms with Gasteiger partial charge in [0.2, 0.25) is 5.91 Å². The Balaban J connectivity index is 1.20. The second kappa shape index (κ2) is 7.50. The van der Waals surface area contributed by atoms with E-state index < -0.39 is 0 Å². The van der Waals surface area contributed by atoms with Gasteiger partial charge < -0.3 is 15.0 Å². The van der Waals surface area contributed by atoms with E-state index in [4.69, 9.17) is 4.74 Å². The molecule has 4 atom stereocenters. The summed E-state index contributed by atoms with van der Waals surface area (Å²) in [6.07, 6.45) is 8.25.